The molecule has 16 heavy (non-hydrogen) atoms. The number of terminal acetylenes is 1. The van der Waals surface area contributed by atoms with Crippen LogP contribution in [0.2, 0.25) is 0 Å². The van der Waals surface area contributed by atoms with Gasteiger partial charge in [0.15, 0.2) is 0 Å². The largest absolute Gasteiger partial charge is 0.355 e. The average Bonchev–Trinajstić information content (AvgIpc) is 2.69. The van der Waals surface area contributed by atoms with Gasteiger partial charge >= 0.3 is 0 Å². The molecule has 0 bridgehead atoms. The summed E-state index contributed by atoms with van der Waals surface area (Å²) in [5, 5.41) is 5.34. The van der Waals surface area contributed by atoms with Crippen LogP contribution in [-0.2, 0) is 0 Å². The Hall–Kier alpha value is -1.60. The van der Waals surface area contributed by atoms with Gasteiger partial charge in [0.2, 0.25) is 0 Å². The molecule has 0 aliphatic rings. The van der Waals surface area contributed by atoms with Crippen LogP contribution in [0.3, 0.4) is 0 Å². The lowest BCUT2D eigenvalue weighted by Crippen LogP contribution is -2.16. The maximum Gasteiger partial charge on any atom is 0.148 e. The van der Waals surface area contributed by atoms with Crippen molar-refractivity contribution in [3.63, 3.8) is 0 Å². The lowest BCUT2D eigenvalue weighted by molar-refractivity contribution is 0.852. The van der Waals surface area contributed by atoms with E-state index < -0.39 is 0 Å². The van der Waals surface area contributed by atoms with E-state index in [0.717, 1.165) is 22.5 Å². The van der Waals surface area contributed by atoms with Gasteiger partial charge in [0, 0.05) is 0 Å². The molecule has 0 radical (unpaired) electrons. The van der Waals surface area contributed by atoms with Crippen LogP contribution in [-0.4, -0.2) is 16.0 Å². The van der Waals surface area contributed by atoms with E-state index in [1.54, 1.807) is 17.7 Å². The van der Waals surface area contributed by atoms with Gasteiger partial charge in [-0.05, 0) is 24.3 Å². The average molecular weight is 231 g/mol. The van der Waals surface area contributed by atoms with Gasteiger partial charge in [0.05, 0.1) is 16.3 Å². The number of anilines is 1. The Kier molecular flexibility index (Phi) is 3.07. The number of hydrogen-bond acceptors (Lipinski definition) is 4. The Morgan fingerprint density at radius 1 is 1.56 bits per heavy atom. The quantitative estimate of drug-likeness (QED) is 0.825. The fraction of sp³-hybridized carbons (Fsp3) is 0.333. The molecule has 0 aliphatic heterocycles. The molecule has 82 valence electrons. The van der Waals surface area contributed by atoms with Crippen LogP contribution in [0, 0.1) is 19.3 Å². The maximum absolute atomic E-state index is 5.43. The SMILES string of the molecule is C#CC(CC)Nc1ncnc2c(C)csc12. The van der Waals surface area contributed by atoms with Crippen LogP contribution in [0.25, 0.3) is 10.2 Å². The van der Waals surface area contributed by atoms with E-state index in [9.17, 15) is 0 Å². The van der Waals surface area contributed by atoms with Crippen molar-refractivity contribution >= 4 is 27.4 Å². The second kappa shape index (κ2) is 4.50. The summed E-state index contributed by atoms with van der Waals surface area (Å²) in [5.74, 6) is 3.55. The Balaban J connectivity index is 2.42. The van der Waals surface area contributed by atoms with Crippen molar-refractivity contribution in [2.24, 2.45) is 0 Å². The van der Waals surface area contributed by atoms with E-state index in [-0.39, 0.29) is 6.04 Å². The summed E-state index contributed by atoms with van der Waals surface area (Å²) in [4.78, 5) is 8.52. The zero-order valence-electron chi connectivity index (χ0n) is 9.32. The highest BCUT2D eigenvalue weighted by atomic mass is 32.1. The van der Waals surface area contributed by atoms with E-state index in [1.807, 2.05) is 6.92 Å². The third-order valence-corrected chi connectivity index (χ3v) is 3.55. The molecule has 0 aliphatic carbocycles. The Morgan fingerprint density at radius 3 is 3.06 bits per heavy atom. The lowest BCUT2D eigenvalue weighted by atomic mass is 10.2. The van der Waals surface area contributed by atoms with Crippen molar-refractivity contribution in [3.05, 3.63) is 17.3 Å². The van der Waals surface area contributed by atoms with E-state index in [1.165, 1.54) is 5.56 Å². The minimum Gasteiger partial charge on any atom is -0.355 e. The molecule has 0 aromatic carbocycles. The summed E-state index contributed by atoms with van der Waals surface area (Å²) in [6, 6.07) is 0.0282. The number of nitrogens with one attached hydrogen (secondary N) is 1. The number of nitrogens with zero attached hydrogens (tertiary/aromatic N) is 2. The van der Waals surface area contributed by atoms with Gasteiger partial charge < -0.3 is 5.32 Å². The number of hydrogen-bond donors (Lipinski definition) is 1. The summed E-state index contributed by atoms with van der Waals surface area (Å²) >= 11 is 1.65. The van der Waals surface area contributed by atoms with Crippen LogP contribution in [0.1, 0.15) is 18.9 Å². The molecule has 0 saturated heterocycles. The summed E-state index contributed by atoms with van der Waals surface area (Å²) in [6.45, 7) is 4.10. The van der Waals surface area contributed by atoms with Crippen LogP contribution in [0.4, 0.5) is 5.82 Å². The molecule has 4 heteroatoms. The van der Waals surface area contributed by atoms with Crippen LogP contribution in [0.15, 0.2) is 11.7 Å². The van der Waals surface area contributed by atoms with Gasteiger partial charge in [-0.25, -0.2) is 9.97 Å². The fourth-order valence-corrected chi connectivity index (χ4v) is 2.45. The summed E-state index contributed by atoms with van der Waals surface area (Å²) in [7, 11) is 0. The minimum absolute atomic E-state index is 0.0282. The first-order valence-electron chi connectivity index (χ1n) is 5.17. The topological polar surface area (TPSA) is 37.8 Å². The van der Waals surface area contributed by atoms with Crippen molar-refractivity contribution in [2.45, 2.75) is 26.3 Å². The second-order valence-electron chi connectivity index (χ2n) is 3.59. The Bertz CT molecular complexity index is 539. The summed E-state index contributed by atoms with van der Waals surface area (Å²) in [6.07, 6.45) is 7.89. The Morgan fingerprint density at radius 2 is 2.38 bits per heavy atom. The fourth-order valence-electron chi connectivity index (χ4n) is 1.50. The smallest absolute Gasteiger partial charge is 0.148 e. The van der Waals surface area contributed by atoms with Crippen molar-refractivity contribution in [1.29, 1.82) is 0 Å². The highest BCUT2D eigenvalue weighted by Crippen LogP contribution is 2.28. The van der Waals surface area contributed by atoms with Gasteiger partial charge in [0.25, 0.3) is 0 Å². The molecule has 0 spiro atoms. The van der Waals surface area contributed by atoms with Gasteiger partial charge in [-0.15, -0.1) is 17.8 Å². The maximum atomic E-state index is 5.43. The van der Waals surface area contributed by atoms with Crippen LogP contribution in [0.5, 0.6) is 0 Å². The normalized spacial score (nSPS) is 12.3. The van der Waals surface area contributed by atoms with Crippen LogP contribution >= 0.6 is 11.3 Å². The molecule has 2 rings (SSSR count). The zero-order valence-corrected chi connectivity index (χ0v) is 10.1. The summed E-state index contributed by atoms with van der Waals surface area (Å²) in [5.41, 5.74) is 2.19. The van der Waals surface area contributed by atoms with Gasteiger partial charge in [0.1, 0.15) is 12.1 Å². The molecular weight excluding hydrogens is 218 g/mol. The zero-order chi connectivity index (χ0) is 11.5. The van der Waals surface area contributed by atoms with Crippen molar-refractivity contribution in [1.82, 2.24) is 9.97 Å². The van der Waals surface area contributed by atoms with Crippen molar-refractivity contribution in [2.75, 3.05) is 5.32 Å². The number of fused-ring (bicyclic) bond motifs is 1. The Labute approximate surface area is 98.9 Å². The minimum atomic E-state index is 0.0282. The standard InChI is InChI=1S/C12H13N3S/c1-4-9(5-2)15-12-11-10(13-7-14-12)8(3)6-16-11/h1,6-7,9H,5H2,2-3H3,(H,13,14,15). The van der Waals surface area contributed by atoms with Crippen molar-refractivity contribution in [3.8, 4) is 12.3 Å². The van der Waals surface area contributed by atoms with E-state index >= 15 is 0 Å². The lowest BCUT2D eigenvalue weighted by Gasteiger charge is -2.11. The second-order valence-corrected chi connectivity index (χ2v) is 4.47. The number of rotatable bonds is 3. The molecule has 2 aromatic heterocycles. The molecule has 0 saturated carbocycles. The first-order valence-corrected chi connectivity index (χ1v) is 6.05. The highest BCUT2D eigenvalue weighted by molar-refractivity contribution is 7.18. The van der Waals surface area contributed by atoms with Gasteiger partial charge in [-0.1, -0.05) is 12.8 Å². The van der Waals surface area contributed by atoms with Crippen molar-refractivity contribution < 1.29 is 0 Å². The molecule has 2 aromatic rings. The predicted octanol–water partition coefficient (Wildman–Crippen LogP) is 2.82. The number of thiophene rings is 1. The van der Waals surface area contributed by atoms with Gasteiger partial charge in [-0.3, -0.25) is 0 Å². The summed E-state index contributed by atoms with van der Waals surface area (Å²) < 4.78 is 1.08. The van der Waals surface area contributed by atoms with E-state index in [4.69, 9.17) is 6.42 Å². The van der Waals surface area contributed by atoms with E-state index in [0.29, 0.717) is 0 Å². The molecule has 0 amide bonds. The monoisotopic (exact) mass is 231 g/mol. The highest BCUT2D eigenvalue weighted by Gasteiger charge is 2.10. The molecule has 1 unspecified atom stereocenters. The third kappa shape index (κ3) is 1.86. The first-order chi connectivity index (χ1) is 7.76. The van der Waals surface area contributed by atoms with E-state index in [2.05, 4.69) is 33.5 Å². The van der Waals surface area contributed by atoms with Crippen LogP contribution < -0.4 is 5.32 Å². The van der Waals surface area contributed by atoms with Gasteiger partial charge in [-0.2, -0.15) is 0 Å². The molecule has 1 atom stereocenters. The first kappa shape index (κ1) is 10.9. The molecule has 1 N–H and O–H groups in total. The molecule has 3 nitrogen and oxygen atoms in total. The number of aryl methyl sites for hydroxylation is 1. The molecule has 2 heterocycles. The molecule has 0 fully saturated rings. The number of aromatic nitrogens is 2. The predicted molar refractivity (Wildman–Crippen MR) is 68.7 cm³/mol. The molecular formula is C12H13N3S. The third-order valence-electron chi connectivity index (χ3n) is 2.45.